The standard InChI is InChI=1S/C13H20N2O2/c1-4-7-15(10(2)3)9-12-6-5-11(8-14-12)13(16)17/h5-6,8,10H,4,7,9H2,1-3H3,(H,16,17). The molecule has 1 N–H and O–H groups in total. The molecule has 1 aromatic heterocycles. The molecular weight excluding hydrogens is 216 g/mol. The van der Waals surface area contributed by atoms with E-state index in [1.54, 1.807) is 12.1 Å². The monoisotopic (exact) mass is 236 g/mol. The van der Waals surface area contributed by atoms with Crippen molar-refractivity contribution in [3.8, 4) is 0 Å². The molecule has 1 heterocycles. The van der Waals surface area contributed by atoms with E-state index >= 15 is 0 Å². The van der Waals surface area contributed by atoms with E-state index < -0.39 is 5.97 Å². The van der Waals surface area contributed by atoms with Gasteiger partial charge in [-0.25, -0.2) is 4.79 Å². The number of rotatable bonds is 6. The predicted molar refractivity (Wildman–Crippen MR) is 67.0 cm³/mol. The summed E-state index contributed by atoms with van der Waals surface area (Å²) in [7, 11) is 0. The number of pyridine rings is 1. The zero-order valence-electron chi connectivity index (χ0n) is 10.7. The molecule has 4 heteroatoms. The zero-order valence-corrected chi connectivity index (χ0v) is 10.7. The van der Waals surface area contributed by atoms with Crippen molar-refractivity contribution in [2.45, 2.75) is 39.8 Å². The van der Waals surface area contributed by atoms with Gasteiger partial charge in [0, 0.05) is 18.8 Å². The third-order valence-electron chi connectivity index (χ3n) is 2.68. The van der Waals surface area contributed by atoms with Crippen molar-refractivity contribution in [1.82, 2.24) is 9.88 Å². The number of hydrogen-bond acceptors (Lipinski definition) is 3. The van der Waals surface area contributed by atoms with Crippen molar-refractivity contribution >= 4 is 5.97 Å². The minimum atomic E-state index is -0.932. The van der Waals surface area contributed by atoms with E-state index in [-0.39, 0.29) is 5.56 Å². The Morgan fingerprint density at radius 1 is 1.47 bits per heavy atom. The number of carboxylic acid groups (broad SMARTS) is 1. The molecule has 0 aliphatic heterocycles. The van der Waals surface area contributed by atoms with Crippen molar-refractivity contribution in [2.24, 2.45) is 0 Å². The van der Waals surface area contributed by atoms with Crippen LogP contribution in [0.25, 0.3) is 0 Å². The molecule has 0 aliphatic carbocycles. The van der Waals surface area contributed by atoms with E-state index in [1.807, 2.05) is 0 Å². The van der Waals surface area contributed by atoms with Crippen molar-refractivity contribution in [2.75, 3.05) is 6.54 Å². The highest BCUT2D eigenvalue weighted by Gasteiger charge is 2.10. The molecule has 1 aromatic rings. The summed E-state index contributed by atoms with van der Waals surface area (Å²) >= 11 is 0. The Balaban J connectivity index is 2.69. The van der Waals surface area contributed by atoms with Crippen LogP contribution in [0.2, 0.25) is 0 Å². The second-order valence-corrected chi connectivity index (χ2v) is 4.41. The summed E-state index contributed by atoms with van der Waals surface area (Å²) < 4.78 is 0. The smallest absolute Gasteiger partial charge is 0.337 e. The summed E-state index contributed by atoms with van der Waals surface area (Å²) in [5, 5.41) is 8.78. The highest BCUT2D eigenvalue weighted by molar-refractivity contribution is 5.87. The highest BCUT2D eigenvalue weighted by atomic mass is 16.4. The van der Waals surface area contributed by atoms with E-state index in [9.17, 15) is 4.79 Å². The normalized spacial score (nSPS) is 11.1. The number of nitrogens with zero attached hydrogens (tertiary/aromatic N) is 2. The molecule has 0 fully saturated rings. The van der Waals surface area contributed by atoms with E-state index in [1.165, 1.54) is 6.20 Å². The lowest BCUT2D eigenvalue weighted by atomic mass is 10.2. The summed E-state index contributed by atoms with van der Waals surface area (Å²) in [6.07, 6.45) is 2.52. The van der Waals surface area contributed by atoms with Crippen molar-refractivity contribution < 1.29 is 9.90 Å². The lowest BCUT2D eigenvalue weighted by Gasteiger charge is -2.25. The van der Waals surface area contributed by atoms with Crippen LogP contribution in [-0.4, -0.2) is 33.5 Å². The second kappa shape index (κ2) is 6.35. The Hall–Kier alpha value is -1.42. The molecular formula is C13H20N2O2. The predicted octanol–water partition coefficient (Wildman–Crippen LogP) is 2.40. The average molecular weight is 236 g/mol. The first-order chi connectivity index (χ1) is 8.04. The first-order valence-electron chi connectivity index (χ1n) is 5.96. The molecule has 4 nitrogen and oxygen atoms in total. The van der Waals surface area contributed by atoms with E-state index in [0.717, 1.165) is 25.2 Å². The lowest BCUT2D eigenvalue weighted by Crippen LogP contribution is -2.31. The number of aromatic nitrogens is 1. The molecule has 0 saturated heterocycles. The SMILES string of the molecule is CCCN(Cc1ccc(C(=O)O)cn1)C(C)C. The van der Waals surface area contributed by atoms with Gasteiger partial charge in [0.1, 0.15) is 0 Å². The molecule has 94 valence electrons. The molecule has 17 heavy (non-hydrogen) atoms. The van der Waals surface area contributed by atoms with E-state index in [0.29, 0.717) is 6.04 Å². The van der Waals surface area contributed by atoms with Gasteiger partial charge in [0.25, 0.3) is 0 Å². The Labute approximate surface area is 102 Å². The van der Waals surface area contributed by atoms with Crippen LogP contribution in [0.1, 0.15) is 43.2 Å². The molecule has 0 bridgehead atoms. The highest BCUT2D eigenvalue weighted by Crippen LogP contribution is 2.08. The number of hydrogen-bond donors (Lipinski definition) is 1. The largest absolute Gasteiger partial charge is 0.478 e. The lowest BCUT2D eigenvalue weighted by molar-refractivity contribution is 0.0696. The fourth-order valence-corrected chi connectivity index (χ4v) is 1.66. The number of aromatic carboxylic acids is 1. The quantitative estimate of drug-likeness (QED) is 0.824. The van der Waals surface area contributed by atoms with Crippen LogP contribution in [0, 0.1) is 0 Å². The number of carboxylic acids is 1. The Morgan fingerprint density at radius 3 is 2.59 bits per heavy atom. The van der Waals surface area contributed by atoms with Gasteiger partial charge in [-0.3, -0.25) is 9.88 Å². The fraction of sp³-hybridized carbons (Fsp3) is 0.538. The van der Waals surface area contributed by atoms with Gasteiger partial charge in [-0.2, -0.15) is 0 Å². The van der Waals surface area contributed by atoms with Gasteiger partial charge >= 0.3 is 5.97 Å². The molecule has 0 unspecified atom stereocenters. The van der Waals surface area contributed by atoms with Gasteiger partial charge < -0.3 is 5.11 Å². The number of carbonyl (C=O) groups is 1. The van der Waals surface area contributed by atoms with Crippen molar-refractivity contribution in [3.63, 3.8) is 0 Å². The van der Waals surface area contributed by atoms with Crippen LogP contribution in [0.3, 0.4) is 0 Å². The third-order valence-corrected chi connectivity index (χ3v) is 2.68. The summed E-state index contributed by atoms with van der Waals surface area (Å²) in [5.74, 6) is -0.932. The topological polar surface area (TPSA) is 53.4 Å². The van der Waals surface area contributed by atoms with Crippen molar-refractivity contribution in [3.05, 3.63) is 29.6 Å². The van der Waals surface area contributed by atoms with Crippen LogP contribution in [0.15, 0.2) is 18.3 Å². The van der Waals surface area contributed by atoms with Crippen LogP contribution >= 0.6 is 0 Å². The van der Waals surface area contributed by atoms with Gasteiger partial charge in [-0.05, 0) is 38.9 Å². The third kappa shape index (κ3) is 4.15. The average Bonchev–Trinajstić information content (AvgIpc) is 2.29. The molecule has 0 saturated carbocycles. The molecule has 0 amide bonds. The van der Waals surface area contributed by atoms with Gasteiger partial charge in [-0.1, -0.05) is 6.92 Å². The minimum absolute atomic E-state index is 0.236. The van der Waals surface area contributed by atoms with Crippen LogP contribution < -0.4 is 0 Å². The summed E-state index contributed by atoms with van der Waals surface area (Å²) in [6, 6.07) is 3.86. The van der Waals surface area contributed by atoms with Crippen LogP contribution in [-0.2, 0) is 6.54 Å². The summed E-state index contributed by atoms with van der Waals surface area (Å²) in [6.45, 7) is 8.25. The summed E-state index contributed by atoms with van der Waals surface area (Å²) in [4.78, 5) is 17.2. The fourth-order valence-electron chi connectivity index (χ4n) is 1.66. The maximum Gasteiger partial charge on any atom is 0.337 e. The Bertz CT molecular complexity index is 360. The van der Waals surface area contributed by atoms with Gasteiger partial charge in [0.2, 0.25) is 0 Å². The molecule has 0 aromatic carbocycles. The second-order valence-electron chi connectivity index (χ2n) is 4.41. The van der Waals surface area contributed by atoms with Gasteiger partial charge in [-0.15, -0.1) is 0 Å². The first-order valence-corrected chi connectivity index (χ1v) is 5.96. The Kier molecular flexibility index (Phi) is 5.10. The minimum Gasteiger partial charge on any atom is -0.478 e. The summed E-state index contributed by atoms with van der Waals surface area (Å²) in [5.41, 5.74) is 1.15. The molecule has 0 atom stereocenters. The maximum absolute atomic E-state index is 10.7. The molecule has 0 spiro atoms. The molecule has 1 rings (SSSR count). The molecule has 0 radical (unpaired) electrons. The van der Waals surface area contributed by atoms with Gasteiger partial charge in [0.05, 0.1) is 11.3 Å². The van der Waals surface area contributed by atoms with E-state index in [2.05, 4.69) is 30.7 Å². The van der Waals surface area contributed by atoms with Gasteiger partial charge in [0.15, 0.2) is 0 Å². The Morgan fingerprint density at radius 2 is 2.18 bits per heavy atom. The first kappa shape index (κ1) is 13.6. The molecule has 0 aliphatic rings. The van der Waals surface area contributed by atoms with E-state index in [4.69, 9.17) is 5.11 Å². The van der Waals surface area contributed by atoms with Crippen molar-refractivity contribution in [1.29, 1.82) is 0 Å². The zero-order chi connectivity index (χ0) is 12.8. The maximum atomic E-state index is 10.7. The van der Waals surface area contributed by atoms with Crippen LogP contribution in [0.5, 0.6) is 0 Å². The van der Waals surface area contributed by atoms with Crippen LogP contribution in [0.4, 0.5) is 0 Å².